The molecule has 0 amide bonds. The second-order valence-corrected chi connectivity index (χ2v) is 4.96. The van der Waals surface area contributed by atoms with Crippen LogP contribution in [0.2, 0.25) is 5.02 Å². The van der Waals surface area contributed by atoms with Crippen molar-refractivity contribution in [2.45, 2.75) is 25.8 Å². The number of hydrogen-bond acceptors (Lipinski definition) is 5. The van der Waals surface area contributed by atoms with Gasteiger partial charge in [0.1, 0.15) is 0 Å². The maximum Gasteiger partial charge on any atom is 0.185 e. The molecule has 1 unspecified atom stereocenters. The molecule has 2 rings (SSSR count). The topological polar surface area (TPSA) is 78.8 Å². The number of hydrogen-bond donors (Lipinski definition) is 1. The summed E-state index contributed by atoms with van der Waals surface area (Å²) in [5, 5.41) is 12.4. The summed E-state index contributed by atoms with van der Waals surface area (Å²) in [5.74, 6) is 0.573. The molecule has 108 valence electrons. The van der Waals surface area contributed by atoms with Gasteiger partial charge in [-0.25, -0.2) is 4.68 Å². The largest absolute Gasteiger partial charge is 0.398 e. The standard InChI is InChI=1S/C13H18ClN5O/c1-3-5-9(8-20-2)19-13(16-17-18-19)12-10(14)6-4-7-11(12)15/h4,6-7,9H,3,5,8,15H2,1-2H3. The van der Waals surface area contributed by atoms with Crippen LogP contribution in [-0.2, 0) is 4.74 Å². The van der Waals surface area contributed by atoms with Gasteiger partial charge < -0.3 is 10.5 Å². The molecule has 1 atom stereocenters. The predicted molar refractivity (Wildman–Crippen MR) is 78.5 cm³/mol. The fraction of sp³-hybridized carbons (Fsp3) is 0.462. The second-order valence-electron chi connectivity index (χ2n) is 4.55. The lowest BCUT2D eigenvalue weighted by Crippen LogP contribution is -2.17. The first-order valence-corrected chi connectivity index (χ1v) is 6.88. The van der Waals surface area contributed by atoms with Crippen molar-refractivity contribution in [2.24, 2.45) is 0 Å². The minimum absolute atomic E-state index is 0.0608. The molecule has 0 fully saturated rings. The van der Waals surface area contributed by atoms with E-state index in [2.05, 4.69) is 22.4 Å². The molecule has 1 aromatic heterocycles. The summed E-state index contributed by atoms with van der Waals surface area (Å²) in [6.45, 7) is 2.65. The molecule has 0 saturated heterocycles. The molecule has 0 bridgehead atoms. The van der Waals surface area contributed by atoms with Crippen molar-refractivity contribution in [3.05, 3.63) is 23.2 Å². The zero-order chi connectivity index (χ0) is 14.5. The highest BCUT2D eigenvalue weighted by molar-refractivity contribution is 6.33. The molecule has 1 aromatic carbocycles. The summed E-state index contributed by atoms with van der Waals surface area (Å²) >= 11 is 6.23. The summed E-state index contributed by atoms with van der Waals surface area (Å²) in [4.78, 5) is 0. The third-order valence-corrected chi connectivity index (χ3v) is 3.40. The smallest absolute Gasteiger partial charge is 0.185 e. The fourth-order valence-corrected chi connectivity index (χ4v) is 2.45. The Bertz CT molecular complexity index is 545. The Morgan fingerprint density at radius 2 is 2.25 bits per heavy atom. The summed E-state index contributed by atoms with van der Waals surface area (Å²) in [5.41, 5.74) is 7.22. The normalized spacial score (nSPS) is 12.6. The lowest BCUT2D eigenvalue weighted by molar-refractivity contribution is 0.144. The van der Waals surface area contributed by atoms with Crippen molar-refractivity contribution in [1.82, 2.24) is 20.2 Å². The Labute approximate surface area is 122 Å². The van der Waals surface area contributed by atoms with Gasteiger partial charge in [-0.1, -0.05) is 31.0 Å². The highest BCUT2D eigenvalue weighted by Crippen LogP contribution is 2.33. The van der Waals surface area contributed by atoms with Gasteiger partial charge in [-0.15, -0.1) is 5.10 Å². The number of nitrogens with zero attached hydrogens (tertiary/aromatic N) is 4. The van der Waals surface area contributed by atoms with Crippen LogP contribution in [0.15, 0.2) is 18.2 Å². The van der Waals surface area contributed by atoms with E-state index >= 15 is 0 Å². The molecule has 0 radical (unpaired) electrons. The zero-order valence-corrected chi connectivity index (χ0v) is 12.3. The maximum absolute atomic E-state index is 6.23. The number of halogens is 1. The van der Waals surface area contributed by atoms with Crippen LogP contribution in [-0.4, -0.2) is 33.9 Å². The number of rotatable bonds is 6. The lowest BCUT2D eigenvalue weighted by Gasteiger charge is -2.17. The third-order valence-electron chi connectivity index (χ3n) is 3.09. The number of nitrogens with two attached hydrogens (primary N) is 1. The summed E-state index contributed by atoms with van der Waals surface area (Å²) in [6, 6.07) is 5.42. The van der Waals surface area contributed by atoms with Crippen molar-refractivity contribution in [1.29, 1.82) is 0 Å². The van der Waals surface area contributed by atoms with Crippen molar-refractivity contribution >= 4 is 17.3 Å². The highest BCUT2D eigenvalue weighted by atomic mass is 35.5. The van der Waals surface area contributed by atoms with Gasteiger partial charge in [-0.3, -0.25) is 0 Å². The van der Waals surface area contributed by atoms with Gasteiger partial charge in [-0.05, 0) is 29.0 Å². The highest BCUT2D eigenvalue weighted by Gasteiger charge is 2.21. The number of benzene rings is 1. The minimum atomic E-state index is 0.0608. The van der Waals surface area contributed by atoms with E-state index in [1.807, 2.05) is 0 Å². The summed E-state index contributed by atoms with van der Waals surface area (Å²) < 4.78 is 6.99. The first-order valence-electron chi connectivity index (χ1n) is 6.50. The third kappa shape index (κ3) is 2.91. The quantitative estimate of drug-likeness (QED) is 0.829. The van der Waals surface area contributed by atoms with E-state index in [4.69, 9.17) is 22.1 Å². The Hall–Kier alpha value is -1.66. The average Bonchev–Trinajstić information content (AvgIpc) is 2.87. The van der Waals surface area contributed by atoms with Gasteiger partial charge >= 0.3 is 0 Å². The first kappa shape index (κ1) is 14.7. The van der Waals surface area contributed by atoms with E-state index in [0.29, 0.717) is 28.7 Å². The van der Waals surface area contributed by atoms with Crippen molar-refractivity contribution in [3.63, 3.8) is 0 Å². The Kier molecular flexibility index (Phi) is 4.92. The molecule has 6 nitrogen and oxygen atoms in total. The van der Waals surface area contributed by atoms with E-state index in [9.17, 15) is 0 Å². The average molecular weight is 296 g/mol. The second kappa shape index (κ2) is 6.67. The van der Waals surface area contributed by atoms with Crippen molar-refractivity contribution < 1.29 is 4.74 Å². The Morgan fingerprint density at radius 3 is 2.90 bits per heavy atom. The molecular weight excluding hydrogens is 278 g/mol. The molecule has 20 heavy (non-hydrogen) atoms. The molecule has 2 N–H and O–H groups in total. The number of tetrazole rings is 1. The maximum atomic E-state index is 6.23. The van der Waals surface area contributed by atoms with Gasteiger partial charge in [0.15, 0.2) is 5.82 Å². The van der Waals surface area contributed by atoms with Gasteiger partial charge in [0.25, 0.3) is 0 Å². The number of aromatic nitrogens is 4. The number of nitrogen functional groups attached to an aromatic ring is 1. The van der Waals surface area contributed by atoms with Crippen LogP contribution >= 0.6 is 11.6 Å². The van der Waals surface area contributed by atoms with Crippen LogP contribution in [0.25, 0.3) is 11.4 Å². The van der Waals surface area contributed by atoms with Gasteiger partial charge in [-0.2, -0.15) is 0 Å². The minimum Gasteiger partial charge on any atom is -0.398 e. The molecule has 1 heterocycles. The molecule has 0 spiro atoms. The first-order chi connectivity index (χ1) is 9.69. The number of ether oxygens (including phenoxy) is 1. The van der Waals surface area contributed by atoms with Crippen LogP contribution in [0.4, 0.5) is 5.69 Å². The van der Waals surface area contributed by atoms with Crippen LogP contribution in [0, 0.1) is 0 Å². The lowest BCUT2D eigenvalue weighted by atomic mass is 10.1. The Morgan fingerprint density at radius 1 is 1.45 bits per heavy atom. The van der Waals surface area contributed by atoms with Gasteiger partial charge in [0, 0.05) is 12.8 Å². The van der Waals surface area contributed by atoms with Crippen molar-refractivity contribution in [2.75, 3.05) is 19.5 Å². The number of anilines is 1. The SMILES string of the molecule is CCCC(COC)n1nnnc1-c1c(N)cccc1Cl. The molecule has 0 saturated carbocycles. The monoisotopic (exact) mass is 295 g/mol. The van der Waals surface area contributed by atoms with E-state index in [1.54, 1.807) is 30.0 Å². The molecule has 0 aliphatic heterocycles. The van der Waals surface area contributed by atoms with Crippen molar-refractivity contribution in [3.8, 4) is 11.4 Å². The molecule has 0 aliphatic rings. The van der Waals surface area contributed by atoms with Crippen LogP contribution in [0.1, 0.15) is 25.8 Å². The van der Waals surface area contributed by atoms with E-state index in [1.165, 1.54) is 0 Å². The molecule has 0 aliphatic carbocycles. The number of methoxy groups -OCH3 is 1. The summed E-state index contributed by atoms with van der Waals surface area (Å²) in [7, 11) is 1.66. The molecule has 2 aromatic rings. The van der Waals surface area contributed by atoms with E-state index < -0.39 is 0 Å². The molecule has 7 heteroatoms. The van der Waals surface area contributed by atoms with Crippen LogP contribution < -0.4 is 5.73 Å². The van der Waals surface area contributed by atoms with Gasteiger partial charge in [0.05, 0.1) is 23.2 Å². The van der Waals surface area contributed by atoms with Crippen LogP contribution in [0.5, 0.6) is 0 Å². The van der Waals surface area contributed by atoms with E-state index in [-0.39, 0.29) is 6.04 Å². The van der Waals surface area contributed by atoms with Crippen LogP contribution in [0.3, 0.4) is 0 Å². The fourth-order valence-electron chi connectivity index (χ4n) is 2.18. The van der Waals surface area contributed by atoms with E-state index in [0.717, 1.165) is 12.8 Å². The zero-order valence-electron chi connectivity index (χ0n) is 11.6. The predicted octanol–water partition coefficient (Wildman–Crippen LogP) is 2.56. The van der Waals surface area contributed by atoms with Gasteiger partial charge in [0.2, 0.25) is 0 Å². The summed E-state index contributed by atoms with van der Waals surface area (Å²) in [6.07, 6.45) is 1.92. The Balaban J connectivity index is 2.46. The molecular formula is C13H18ClN5O.